The van der Waals surface area contributed by atoms with Crippen molar-refractivity contribution in [3.8, 4) is 0 Å². The highest BCUT2D eigenvalue weighted by atomic mass is 32.2. The van der Waals surface area contributed by atoms with Gasteiger partial charge in [0.05, 0.1) is 0 Å². The molecule has 2 nitrogen and oxygen atoms in total. The molecule has 1 aliphatic heterocycles. The van der Waals surface area contributed by atoms with Crippen LogP contribution in [0.5, 0.6) is 0 Å². The van der Waals surface area contributed by atoms with E-state index in [9.17, 15) is 0 Å². The Kier molecular flexibility index (Phi) is 5.25. The maximum atomic E-state index is 3.87. The molecule has 21 heavy (non-hydrogen) atoms. The van der Waals surface area contributed by atoms with Crippen LogP contribution in [-0.2, 0) is 6.54 Å². The molecule has 0 radical (unpaired) electrons. The fourth-order valence-electron chi connectivity index (χ4n) is 3.56. The largest absolute Gasteiger partial charge is 0.311 e. The van der Waals surface area contributed by atoms with E-state index in [-0.39, 0.29) is 0 Å². The molecule has 1 unspecified atom stereocenters. The Morgan fingerprint density at radius 2 is 2.05 bits per heavy atom. The fraction of sp³-hybridized carbons (Fsp3) is 0.667. The lowest BCUT2D eigenvalue weighted by Crippen LogP contribution is -2.51. The van der Waals surface area contributed by atoms with Gasteiger partial charge in [0.15, 0.2) is 0 Å². The molecule has 1 saturated heterocycles. The highest BCUT2D eigenvalue weighted by molar-refractivity contribution is 8.00. The van der Waals surface area contributed by atoms with Gasteiger partial charge in [-0.15, -0.1) is 0 Å². The minimum Gasteiger partial charge on any atom is -0.311 e. The monoisotopic (exact) mass is 304 g/mol. The average Bonchev–Trinajstić information content (AvgIpc) is 2.48. The second-order valence-electron chi connectivity index (χ2n) is 6.68. The molecule has 2 aliphatic rings. The lowest BCUT2D eigenvalue weighted by atomic mass is 9.84. The van der Waals surface area contributed by atoms with Gasteiger partial charge < -0.3 is 5.32 Å². The molecule has 0 bridgehead atoms. The first-order chi connectivity index (χ1) is 10.3. The van der Waals surface area contributed by atoms with Crippen molar-refractivity contribution >= 4 is 11.8 Å². The van der Waals surface area contributed by atoms with Gasteiger partial charge in [-0.1, -0.05) is 36.8 Å². The molecule has 1 saturated carbocycles. The number of hydrogen-bond acceptors (Lipinski definition) is 3. The third kappa shape index (κ3) is 4.02. The Balaban J connectivity index is 1.47. The molecular weight excluding hydrogens is 276 g/mol. The van der Waals surface area contributed by atoms with Crippen molar-refractivity contribution in [3.05, 3.63) is 35.9 Å². The summed E-state index contributed by atoms with van der Waals surface area (Å²) >= 11 is 2.07. The van der Waals surface area contributed by atoms with E-state index in [0.29, 0.717) is 10.8 Å². The van der Waals surface area contributed by atoms with E-state index >= 15 is 0 Å². The summed E-state index contributed by atoms with van der Waals surface area (Å²) in [4.78, 5) is 2.61. The number of likely N-dealkylation sites (tertiary alicyclic amines) is 1. The highest BCUT2D eigenvalue weighted by Gasteiger charge is 2.36. The quantitative estimate of drug-likeness (QED) is 0.865. The Bertz CT molecular complexity index is 425. The number of rotatable bonds is 6. The Morgan fingerprint density at radius 3 is 2.71 bits per heavy atom. The first-order valence-electron chi connectivity index (χ1n) is 8.34. The molecule has 1 aliphatic carbocycles. The molecule has 2 fully saturated rings. The van der Waals surface area contributed by atoms with Crippen LogP contribution in [0.3, 0.4) is 0 Å². The zero-order valence-electron chi connectivity index (χ0n) is 13.2. The number of benzene rings is 1. The number of piperidine rings is 1. The molecule has 0 amide bonds. The van der Waals surface area contributed by atoms with Crippen LogP contribution in [0.15, 0.2) is 30.3 Å². The second kappa shape index (κ2) is 7.17. The van der Waals surface area contributed by atoms with Gasteiger partial charge >= 0.3 is 0 Å². The number of hydrogen-bond donors (Lipinski definition) is 1. The van der Waals surface area contributed by atoms with Crippen molar-refractivity contribution in [3.63, 3.8) is 0 Å². The summed E-state index contributed by atoms with van der Waals surface area (Å²) in [5, 5.41) is 3.87. The fourth-order valence-corrected chi connectivity index (χ4v) is 4.49. The summed E-state index contributed by atoms with van der Waals surface area (Å²) in [7, 11) is 0. The van der Waals surface area contributed by atoms with E-state index in [2.05, 4.69) is 58.6 Å². The number of thioether (sulfide) groups is 1. The predicted octanol–water partition coefficient (Wildman–Crippen LogP) is 3.53. The molecule has 3 heteroatoms. The second-order valence-corrected chi connectivity index (χ2v) is 7.96. The maximum Gasteiger partial charge on any atom is 0.0281 e. The van der Waals surface area contributed by atoms with E-state index in [1.54, 1.807) is 0 Å². The molecule has 1 aromatic carbocycles. The van der Waals surface area contributed by atoms with Gasteiger partial charge in [0, 0.05) is 30.4 Å². The van der Waals surface area contributed by atoms with Gasteiger partial charge in [0.1, 0.15) is 0 Å². The zero-order chi connectivity index (χ0) is 14.5. The summed E-state index contributed by atoms with van der Waals surface area (Å²) in [5.41, 5.74) is 1.44. The van der Waals surface area contributed by atoms with Crippen LogP contribution in [0.2, 0.25) is 0 Å². The molecule has 0 spiro atoms. The molecule has 116 valence electrons. The normalized spacial score (nSPS) is 25.5. The van der Waals surface area contributed by atoms with Crippen molar-refractivity contribution in [1.82, 2.24) is 10.2 Å². The first kappa shape index (κ1) is 15.4. The zero-order valence-corrected chi connectivity index (χ0v) is 14.0. The summed E-state index contributed by atoms with van der Waals surface area (Å²) in [5.74, 6) is 0. The van der Waals surface area contributed by atoms with E-state index in [4.69, 9.17) is 0 Å². The lowest BCUT2D eigenvalue weighted by Gasteiger charge is -2.43. The summed E-state index contributed by atoms with van der Waals surface area (Å²) in [6, 6.07) is 11.6. The molecule has 1 aromatic rings. The van der Waals surface area contributed by atoms with Crippen molar-refractivity contribution in [1.29, 1.82) is 0 Å². The number of nitrogens with one attached hydrogen (secondary N) is 1. The molecule has 1 heterocycles. The van der Waals surface area contributed by atoms with Crippen molar-refractivity contribution in [2.24, 2.45) is 0 Å². The average molecular weight is 305 g/mol. The highest BCUT2D eigenvalue weighted by Crippen LogP contribution is 2.42. The van der Waals surface area contributed by atoms with Gasteiger partial charge in [-0.2, -0.15) is 11.8 Å². The SMILES string of the molecule is CSC1(CNC2CCCN(Cc3ccccc3)C2)CCC1. The molecule has 0 aromatic heterocycles. The van der Waals surface area contributed by atoms with Crippen LogP contribution in [0.1, 0.15) is 37.7 Å². The van der Waals surface area contributed by atoms with Crippen LogP contribution in [0.4, 0.5) is 0 Å². The lowest BCUT2D eigenvalue weighted by molar-refractivity contribution is 0.177. The smallest absolute Gasteiger partial charge is 0.0281 e. The van der Waals surface area contributed by atoms with E-state index in [1.807, 2.05) is 0 Å². The van der Waals surface area contributed by atoms with Crippen molar-refractivity contribution in [2.75, 3.05) is 25.9 Å². The van der Waals surface area contributed by atoms with Crippen LogP contribution in [0, 0.1) is 0 Å². The van der Waals surface area contributed by atoms with E-state index < -0.39 is 0 Å². The van der Waals surface area contributed by atoms with Crippen molar-refractivity contribution < 1.29 is 0 Å². The van der Waals surface area contributed by atoms with Gasteiger partial charge in [-0.25, -0.2) is 0 Å². The van der Waals surface area contributed by atoms with Gasteiger partial charge in [-0.3, -0.25) is 4.90 Å². The topological polar surface area (TPSA) is 15.3 Å². The van der Waals surface area contributed by atoms with Crippen LogP contribution >= 0.6 is 11.8 Å². The van der Waals surface area contributed by atoms with Gasteiger partial charge in [0.25, 0.3) is 0 Å². The van der Waals surface area contributed by atoms with Gasteiger partial charge in [0.2, 0.25) is 0 Å². The summed E-state index contributed by atoms with van der Waals surface area (Å²) < 4.78 is 0.557. The molecule has 1 atom stereocenters. The van der Waals surface area contributed by atoms with Crippen LogP contribution in [0.25, 0.3) is 0 Å². The van der Waals surface area contributed by atoms with Crippen LogP contribution < -0.4 is 5.32 Å². The standard InChI is InChI=1S/C18H28N2S/c1-21-18(10-6-11-18)15-19-17-9-5-12-20(14-17)13-16-7-3-2-4-8-16/h2-4,7-8,17,19H,5-6,9-15H2,1H3. The minimum absolute atomic E-state index is 0.557. The Labute approximate surface area is 133 Å². The minimum atomic E-state index is 0.557. The Morgan fingerprint density at radius 1 is 1.24 bits per heavy atom. The molecule has 1 N–H and O–H groups in total. The maximum absolute atomic E-state index is 3.87. The third-order valence-corrected chi connectivity index (χ3v) is 6.58. The summed E-state index contributed by atoms with van der Waals surface area (Å²) in [6.07, 6.45) is 9.19. The van der Waals surface area contributed by atoms with Gasteiger partial charge in [-0.05, 0) is 44.0 Å². The molecule has 3 rings (SSSR count). The summed E-state index contributed by atoms with van der Waals surface area (Å²) in [6.45, 7) is 4.77. The van der Waals surface area contributed by atoms with Crippen molar-refractivity contribution in [2.45, 2.75) is 49.4 Å². The van der Waals surface area contributed by atoms with Crippen LogP contribution in [-0.4, -0.2) is 41.6 Å². The Hall–Kier alpha value is -0.510. The van der Waals surface area contributed by atoms with E-state index in [0.717, 1.165) is 6.54 Å². The first-order valence-corrected chi connectivity index (χ1v) is 9.57. The third-order valence-electron chi connectivity index (χ3n) is 5.17. The molecular formula is C18H28N2S. The predicted molar refractivity (Wildman–Crippen MR) is 92.8 cm³/mol. The van der Waals surface area contributed by atoms with E-state index in [1.165, 1.54) is 57.3 Å². The number of nitrogens with zero attached hydrogens (tertiary/aromatic N) is 1.